The van der Waals surface area contributed by atoms with Crippen molar-refractivity contribution in [2.24, 2.45) is 0 Å². The number of aliphatic hydroxyl groups is 1. The molecule has 1 N–H and O–H groups in total. The molecule has 0 saturated carbocycles. The molecular weight excluding hydrogens is 200 g/mol. The van der Waals surface area contributed by atoms with E-state index in [0.29, 0.717) is 25.9 Å². The first-order chi connectivity index (χ1) is 7.31. The largest absolute Gasteiger partial charge is 0.463 e. The highest BCUT2D eigenvalue weighted by molar-refractivity contribution is 5.69. The molecule has 0 spiro atoms. The first-order valence-corrected chi connectivity index (χ1v) is 5.09. The minimum Gasteiger partial charge on any atom is -0.463 e. The van der Waals surface area contributed by atoms with E-state index in [2.05, 4.69) is 0 Å². The van der Waals surface area contributed by atoms with E-state index in [1.54, 1.807) is 0 Å². The van der Waals surface area contributed by atoms with Crippen molar-refractivity contribution >= 4 is 12.3 Å². The van der Waals surface area contributed by atoms with Gasteiger partial charge in [0.1, 0.15) is 12.9 Å². The van der Waals surface area contributed by atoms with Crippen molar-refractivity contribution < 1.29 is 24.2 Å². The SMILES string of the molecule is O=CCCCCC(=O)OCCOCCO. The molecule has 88 valence electrons. The summed E-state index contributed by atoms with van der Waals surface area (Å²) >= 11 is 0. The van der Waals surface area contributed by atoms with E-state index in [9.17, 15) is 9.59 Å². The third-order valence-corrected chi connectivity index (χ3v) is 1.68. The van der Waals surface area contributed by atoms with Crippen molar-refractivity contribution in [1.29, 1.82) is 0 Å². The summed E-state index contributed by atoms with van der Waals surface area (Å²) in [6.07, 6.45) is 3.07. The topological polar surface area (TPSA) is 72.8 Å². The summed E-state index contributed by atoms with van der Waals surface area (Å²) in [6, 6.07) is 0. The maximum atomic E-state index is 11.0. The summed E-state index contributed by atoms with van der Waals surface area (Å²) in [4.78, 5) is 21.0. The lowest BCUT2D eigenvalue weighted by molar-refractivity contribution is -0.145. The number of aliphatic hydroxyl groups excluding tert-OH is 1. The monoisotopic (exact) mass is 218 g/mol. The normalized spacial score (nSPS) is 9.93. The number of carbonyl (C=O) groups is 2. The number of esters is 1. The number of carbonyl (C=O) groups excluding carboxylic acids is 2. The van der Waals surface area contributed by atoms with Crippen molar-refractivity contribution in [2.45, 2.75) is 25.7 Å². The molecule has 0 aromatic rings. The van der Waals surface area contributed by atoms with Gasteiger partial charge in [-0.05, 0) is 12.8 Å². The van der Waals surface area contributed by atoms with Crippen LogP contribution in [0.1, 0.15) is 25.7 Å². The molecule has 5 nitrogen and oxygen atoms in total. The Morgan fingerprint density at radius 1 is 1.20 bits per heavy atom. The molecule has 0 aliphatic heterocycles. The maximum absolute atomic E-state index is 11.0. The second kappa shape index (κ2) is 11.1. The molecule has 0 aliphatic carbocycles. The van der Waals surface area contributed by atoms with Crippen LogP contribution in [-0.4, -0.2) is 43.8 Å². The van der Waals surface area contributed by atoms with Crippen LogP contribution in [0.15, 0.2) is 0 Å². The summed E-state index contributed by atoms with van der Waals surface area (Å²) < 4.78 is 9.74. The maximum Gasteiger partial charge on any atom is 0.305 e. The van der Waals surface area contributed by atoms with Gasteiger partial charge in [-0.2, -0.15) is 0 Å². The standard InChI is InChI=1S/C10H18O5/c11-5-3-1-2-4-10(13)15-9-8-14-7-6-12/h5,12H,1-4,6-9H2. The number of rotatable bonds is 10. The van der Waals surface area contributed by atoms with E-state index in [4.69, 9.17) is 14.6 Å². The third-order valence-electron chi connectivity index (χ3n) is 1.68. The Hall–Kier alpha value is -0.940. The van der Waals surface area contributed by atoms with Crippen LogP contribution in [0.5, 0.6) is 0 Å². The van der Waals surface area contributed by atoms with Crippen LogP contribution >= 0.6 is 0 Å². The lowest BCUT2D eigenvalue weighted by Crippen LogP contribution is -2.11. The molecule has 0 amide bonds. The molecule has 0 rings (SSSR count). The third kappa shape index (κ3) is 11.0. The van der Waals surface area contributed by atoms with Gasteiger partial charge in [0.15, 0.2) is 0 Å². The second-order valence-corrected chi connectivity index (χ2v) is 2.97. The lowest BCUT2D eigenvalue weighted by Gasteiger charge is -2.04. The van der Waals surface area contributed by atoms with Gasteiger partial charge in [-0.1, -0.05) is 0 Å². The van der Waals surface area contributed by atoms with Crippen molar-refractivity contribution in [3.8, 4) is 0 Å². The minimum absolute atomic E-state index is 0.0281. The van der Waals surface area contributed by atoms with Gasteiger partial charge >= 0.3 is 5.97 Å². The Morgan fingerprint density at radius 3 is 2.67 bits per heavy atom. The molecule has 0 bridgehead atoms. The lowest BCUT2D eigenvalue weighted by atomic mass is 10.2. The van der Waals surface area contributed by atoms with E-state index in [1.807, 2.05) is 0 Å². The molecule has 0 fully saturated rings. The molecule has 5 heteroatoms. The highest BCUT2D eigenvalue weighted by Crippen LogP contribution is 1.99. The first kappa shape index (κ1) is 14.1. The van der Waals surface area contributed by atoms with Gasteiger partial charge in [0.05, 0.1) is 19.8 Å². The van der Waals surface area contributed by atoms with Gasteiger partial charge in [0.2, 0.25) is 0 Å². The Morgan fingerprint density at radius 2 is 2.00 bits per heavy atom. The summed E-state index contributed by atoms with van der Waals surface area (Å²) in [5.74, 6) is -0.270. The zero-order chi connectivity index (χ0) is 11.4. The molecule has 0 aliphatic rings. The van der Waals surface area contributed by atoms with Crippen LogP contribution in [0.25, 0.3) is 0 Å². The smallest absolute Gasteiger partial charge is 0.305 e. The van der Waals surface area contributed by atoms with Crippen LogP contribution in [0, 0.1) is 0 Å². The van der Waals surface area contributed by atoms with E-state index in [1.165, 1.54) is 0 Å². The fraction of sp³-hybridized carbons (Fsp3) is 0.800. The molecular formula is C10H18O5. The number of aldehydes is 1. The van der Waals surface area contributed by atoms with Gasteiger partial charge in [0, 0.05) is 12.8 Å². The molecule has 0 aromatic carbocycles. The summed E-state index contributed by atoms with van der Waals surface area (Å²) in [5.41, 5.74) is 0. The van der Waals surface area contributed by atoms with Crippen LogP contribution in [0.2, 0.25) is 0 Å². The van der Waals surface area contributed by atoms with Gasteiger partial charge in [0.25, 0.3) is 0 Å². The molecule has 0 aromatic heterocycles. The number of hydrogen-bond acceptors (Lipinski definition) is 5. The zero-order valence-corrected chi connectivity index (χ0v) is 8.81. The van der Waals surface area contributed by atoms with E-state index < -0.39 is 0 Å². The van der Waals surface area contributed by atoms with E-state index >= 15 is 0 Å². The average molecular weight is 218 g/mol. The zero-order valence-electron chi connectivity index (χ0n) is 8.81. The van der Waals surface area contributed by atoms with Crippen LogP contribution < -0.4 is 0 Å². The van der Waals surface area contributed by atoms with Gasteiger partial charge in [-0.3, -0.25) is 4.79 Å². The van der Waals surface area contributed by atoms with Crippen molar-refractivity contribution in [2.75, 3.05) is 26.4 Å². The fourth-order valence-corrected chi connectivity index (χ4v) is 0.950. The van der Waals surface area contributed by atoms with Crippen LogP contribution in [-0.2, 0) is 19.1 Å². The summed E-state index contributed by atoms with van der Waals surface area (Å²) in [6.45, 7) is 0.754. The van der Waals surface area contributed by atoms with Crippen molar-refractivity contribution in [3.05, 3.63) is 0 Å². The molecule has 0 atom stereocenters. The van der Waals surface area contributed by atoms with Crippen molar-refractivity contribution in [3.63, 3.8) is 0 Å². The van der Waals surface area contributed by atoms with E-state index in [-0.39, 0.29) is 25.8 Å². The quantitative estimate of drug-likeness (QED) is 0.324. The molecule has 0 unspecified atom stereocenters. The van der Waals surface area contributed by atoms with Crippen LogP contribution in [0.4, 0.5) is 0 Å². The van der Waals surface area contributed by atoms with Crippen LogP contribution in [0.3, 0.4) is 0 Å². The van der Waals surface area contributed by atoms with Gasteiger partial charge in [-0.25, -0.2) is 0 Å². The predicted molar refractivity (Wildman–Crippen MR) is 53.4 cm³/mol. The average Bonchev–Trinajstić information content (AvgIpc) is 2.24. The Kier molecular flexibility index (Phi) is 10.4. The van der Waals surface area contributed by atoms with E-state index in [0.717, 1.165) is 12.7 Å². The Balaban J connectivity index is 3.15. The fourth-order valence-electron chi connectivity index (χ4n) is 0.950. The molecule has 15 heavy (non-hydrogen) atoms. The summed E-state index contributed by atoms with van der Waals surface area (Å²) in [7, 11) is 0. The number of unbranched alkanes of at least 4 members (excludes halogenated alkanes) is 2. The first-order valence-electron chi connectivity index (χ1n) is 5.09. The number of ether oxygens (including phenoxy) is 2. The molecule has 0 heterocycles. The van der Waals surface area contributed by atoms with Crippen molar-refractivity contribution in [1.82, 2.24) is 0 Å². The number of hydrogen-bond donors (Lipinski definition) is 1. The minimum atomic E-state index is -0.270. The molecule has 0 saturated heterocycles. The highest BCUT2D eigenvalue weighted by Gasteiger charge is 2.01. The summed E-state index contributed by atoms with van der Waals surface area (Å²) in [5, 5.41) is 8.38. The van der Waals surface area contributed by atoms with Gasteiger partial charge < -0.3 is 19.4 Å². The predicted octanol–water partition coefficient (Wildman–Crippen LogP) is 0.298. The second-order valence-electron chi connectivity index (χ2n) is 2.97. The Labute approximate surface area is 89.4 Å². The molecule has 0 radical (unpaired) electrons. The Bertz CT molecular complexity index is 169. The van der Waals surface area contributed by atoms with Gasteiger partial charge in [-0.15, -0.1) is 0 Å². The highest BCUT2D eigenvalue weighted by atomic mass is 16.6.